The zero-order valence-electron chi connectivity index (χ0n) is 18.0. The smallest absolute Gasteiger partial charge is 0.264 e. The number of carbonyl (C=O) groups is 1. The van der Waals surface area contributed by atoms with Gasteiger partial charge in [0.1, 0.15) is 12.3 Å². The van der Waals surface area contributed by atoms with Crippen molar-refractivity contribution < 1.29 is 27.8 Å². The summed E-state index contributed by atoms with van der Waals surface area (Å²) in [5.74, 6) is -0.0419. The first-order chi connectivity index (χ1) is 15.9. The molecule has 0 heterocycles. The summed E-state index contributed by atoms with van der Waals surface area (Å²) in [6, 6.07) is 19.0. The van der Waals surface area contributed by atoms with Gasteiger partial charge in [0.25, 0.3) is 15.9 Å². The van der Waals surface area contributed by atoms with E-state index in [1.807, 2.05) is 0 Å². The molecule has 3 aromatic carbocycles. The lowest BCUT2D eigenvalue weighted by molar-refractivity contribution is -0.119. The summed E-state index contributed by atoms with van der Waals surface area (Å²) in [6.45, 7) is -0.514. The average molecular weight is 470 g/mol. The number of sulfonamides is 1. The van der Waals surface area contributed by atoms with Crippen LogP contribution in [-0.2, 0) is 14.8 Å². The van der Waals surface area contributed by atoms with Crippen LogP contribution in [0.1, 0.15) is 5.56 Å². The second-order valence-corrected chi connectivity index (χ2v) is 8.58. The molecule has 0 fully saturated rings. The highest BCUT2D eigenvalue weighted by Crippen LogP contribution is 2.28. The van der Waals surface area contributed by atoms with Gasteiger partial charge in [-0.3, -0.25) is 9.10 Å². The molecule has 0 saturated carbocycles. The fourth-order valence-electron chi connectivity index (χ4n) is 2.93. The number of amides is 1. The minimum atomic E-state index is -4.06. The lowest BCUT2D eigenvalue weighted by Crippen LogP contribution is -2.39. The van der Waals surface area contributed by atoms with Crippen LogP contribution in [0.2, 0.25) is 0 Å². The Morgan fingerprint density at radius 2 is 1.70 bits per heavy atom. The summed E-state index contributed by atoms with van der Waals surface area (Å²) in [5, 5.41) is 13.9. The van der Waals surface area contributed by atoms with Crippen LogP contribution in [0.4, 0.5) is 5.69 Å². The van der Waals surface area contributed by atoms with Gasteiger partial charge in [-0.2, -0.15) is 5.10 Å². The molecular formula is C23H23N3O6S. The van der Waals surface area contributed by atoms with Gasteiger partial charge in [-0.1, -0.05) is 24.3 Å². The first-order valence-corrected chi connectivity index (χ1v) is 11.2. The lowest BCUT2D eigenvalue weighted by Gasteiger charge is -2.23. The number of phenols is 1. The van der Waals surface area contributed by atoms with Gasteiger partial charge >= 0.3 is 0 Å². The number of hydrogen-bond acceptors (Lipinski definition) is 7. The average Bonchev–Trinajstić information content (AvgIpc) is 2.84. The normalized spacial score (nSPS) is 11.2. The number of ether oxygens (including phenoxy) is 2. The predicted molar refractivity (Wildman–Crippen MR) is 124 cm³/mol. The number of para-hydroxylation sites is 2. The van der Waals surface area contributed by atoms with Gasteiger partial charge in [-0.25, -0.2) is 13.8 Å². The molecule has 0 atom stereocenters. The summed E-state index contributed by atoms with van der Waals surface area (Å²) in [6.07, 6.45) is 1.24. The quantitative estimate of drug-likeness (QED) is 0.368. The van der Waals surface area contributed by atoms with E-state index in [1.54, 1.807) is 48.5 Å². The van der Waals surface area contributed by atoms with Crippen molar-refractivity contribution in [2.24, 2.45) is 5.10 Å². The highest BCUT2D eigenvalue weighted by atomic mass is 32.2. The second kappa shape index (κ2) is 10.5. The number of carbonyl (C=O) groups excluding carboxylic acids is 1. The number of nitrogens with one attached hydrogen (secondary N) is 1. The Labute approximate surface area is 191 Å². The van der Waals surface area contributed by atoms with E-state index in [9.17, 15) is 18.3 Å². The molecule has 3 rings (SSSR count). The summed E-state index contributed by atoms with van der Waals surface area (Å²) >= 11 is 0. The molecule has 0 aliphatic heterocycles. The third-order valence-electron chi connectivity index (χ3n) is 4.62. The third-order valence-corrected chi connectivity index (χ3v) is 6.41. The molecule has 2 N–H and O–H groups in total. The molecule has 0 aliphatic rings. The maximum Gasteiger partial charge on any atom is 0.264 e. The van der Waals surface area contributed by atoms with Gasteiger partial charge < -0.3 is 14.6 Å². The number of benzene rings is 3. The molecule has 0 unspecified atom stereocenters. The Balaban J connectivity index is 1.81. The SMILES string of the molecule is COc1ccc(S(=O)(=O)N(CC(=O)N/N=C\c2cccc(OC)c2O)c2ccccc2)cc1. The van der Waals surface area contributed by atoms with Crippen molar-refractivity contribution in [3.05, 3.63) is 78.4 Å². The van der Waals surface area contributed by atoms with Crippen LogP contribution in [0.5, 0.6) is 17.2 Å². The van der Waals surface area contributed by atoms with Gasteiger partial charge in [0.05, 0.1) is 31.0 Å². The standard InChI is InChI=1S/C23H23N3O6S/c1-31-19-11-13-20(14-12-19)33(29,30)26(18-8-4-3-5-9-18)16-22(27)25-24-15-17-7-6-10-21(32-2)23(17)28/h3-15,28H,16H2,1-2H3,(H,25,27)/b24-15-. The Bertz CT molecular complexity index is 1230. The molecule has 33 heavy (non-hydrogen) atoms. The highest BCUT2D eigenvalue weighted by molar-refractivity contribution is 7.92. The van der Waals surface area contributed by atoms with Gasteiger partial charge in [-0.15, -0.1) is 0 Å². The van der Waals surface area contributed by atoms with Crippen molar-refractivity contribution in [3.8, 4) is 17.2 Å². The summed E-state index contributed by atoms with van der Waals surface area (Å²) in [5.41, 5.74) is 2.93. The van der Waals surface area contributed by atoms with Crippen LogP contribution < -0.4 is 19.2 Å². The first kappa shape index (κ1) is 23.6. The molecule has 0 spiro atoms. The number of hydrogen-bond donors (Lipinski definition) is 2. The maximum atomic E-state index is 13.3. The Hall–Kier alpha value is -4.05. The van der Waals surface area contributed by atoms with Crippen molar-refractivity contribution in [2.75, 3.05) is 25.1 Å². The van der Waals surface area contributed by atoms with E-state index in [0.29, 0.717) is 17.0 Å². The lowest BCUT2D eigenvalue weighted by atomic mass is 10.2. The van der Waals surface area contributed by atoms with Crippen molar-refractivity contribution in [2.45, 2.75) is 4.90 Å². The number of anilines is 1. The van der Waals surface area contributed by atoms with Crippen LogP contribution in [0.3, 0.4) is 0 Å². The second-order valence-electron chi connectivity index (χ2n) is 6.71. The number of rotatable bonds is 9. The molecule has 172 valence electrons. The number of phenolic OH excluding ortho intramolecular Hbond substituents is 1. The number of aromatic hydroxyl groups is 1. The Morgan fingerprint density at radius 1 is 1.00 bits per heavy atom. The summed E-state index contributed by atoms with van der Waals surface area (Å²) in [7, 11) is -1.16. The zero-order valence-corrected chi connectivity index (χ0v) is 18.8. The molecule has 3 aromatic rings. The minimum Gasteiger partial charge on any atom is -0.504 e. The fourth-order valence-corrected chi connectivity index (χ4v) is 4.35. The van der Waals surface area contributed by atoms with E-state index < -0.39 is 22.5 Å². The molecule has 0 aliphatic carbocycles. The highest BCUT2D eigenvalue weighted by Gasteiger charge is 2.27. The van der Waals surface area contributed by atoms with Gasteiger partial charge in [0.15, 0.2) is 11.5 Å². The van der Waals surface area contributed by atoms with Crippen LogP contribution in [0, 0.1) is 0 Å². The summed E-state index contributed by atoms with van der Waals surface area (Å²) < 4.78 is 37.7. The summed E-state index contributed by atoms with van der Waals surface area (Å²) in [4.78, 5) is 12.6. The molecular weight excluding hydrogens is 446 g/mol. The Morgan fingerprint density at radius 3 is 2.33 bits per heavy atom. The number of nitrogens with zero attached hydrogens (tertiary/aromatic N) is 2. The maximum absolute atomic E-state index is 13.3. The minimum absolute atomic E-state index is 0.00440. The number of methoxy groups -OCH3 is 2. The third kappa shape index (κ3) is 5.60. The van der Waals surface area contributed by atoms with Crippen LogP contribution in [0.15, 0.2) is 82.8 Å². The van der Waals surface area contributed by atoms with E-state index in [2.05, 4.69) is 10.5 Å². The molecule has 9 nitrogen and oxygen atoms in total. The van der Waals surface area contributed by atoms with Gasteiger partial charge in [0.2, 0.25) is 0 Å². The molecule has 0 radical (unpaired) electrons. The van der Waals surface area contributed by atoms with Crippen molar-refractivity contribution in [1.29, 1.82) is 0 Å². The predicted octanol–water partition coefficient (Wildman–Crippen LogP) is 2.76. The van der Waals surface area contributed by atoms with E-state index >= 15 is 0 Å². The largest absolute Gasteiger partial charge is 0.504 e. The number of hydrazone groups is 1. The molecule has 0 aromatic heterocycles. The van der Waals surface area contributed by atoms with E-state index in [1.165, 1.54) is 44.7 Å². The molecule has 10 heteroatoms. The van der Waals surface area contributed by atoms with Crippen LogP contribution in [0.25, 0.3) is 0 Å². The topological polar surface area (TPSA) is 118 Å². The van der Waals surface area contributed by atoms with E-state index in [-0.39, 0.29) is 16.4 Å². The Kier molecular flexibility index (Phi) is 7.52. The van der Waals surface area contributed by atoms with Gasteiger partial charge in [-0.05, 0) is 48.5 Å². The van der Waals surface area contributed by atoms with Gasteiger partial charge in [0, 0.05) is 5.56 Å². The van der Waals surface area contributed by atoms with E-state index in [0.717, 1.165) is 4.31 Å². The van der Waals surface area contributed by atoms with Crippen molar-refractivity contribution in [1.82, 2.24) is 5.43 Å². The fraction of sp³-hybridized carbons (Fsp3) is 0.130. The van der Waals surface area contributed by atoms with Crippen LogP contribution in [-0.4, -0.2) is 46.4 Å². The molecule has 0 bridgehead atoms. The van der Waals surface area contributed by atoms with Crippen LogP contribution >= 0.6 is 0 Å². The molecule has 1 amide bonds. The zero-order chi connectivity index (χ0) is 23.8. The molecule has 0 saturated heterocycles. The first-order valence-electron chi connectivity index (χ1n) is 9.76. The monoisotopic (exact) mass is 469 g/mol. The van der Waals surface area contributed by atoms with E-state index in [4.69, 9.17) is 9.47 Å². The van der Waals surface area contributed by atoms with Crippen molar-refractivity contribution >= 4 is 27.8 Å². The van der Waals surface area contributed by atoms with Crippen molar-refractivity contribution in [3.63, 3.8) is 0 Å².